The molecule has 0 fully saturated rings. The van der Waals surface area contributed by atoms with Gasteiger partial charge in [-0.15, -0.1) is 0 Å². The number of halogens is 1. The van der Waals surface area contributed by atoms with E-state index in [0.29, 0.717) is 6.61 Å². The lowest BCUT2D eigenvalue weighted by Gasteiger charge is -2.07. The van der Waals surface area contributed by atoms with Crippen molar-refractivity contribution in [3.05, 3.63) is 16.5 Å². The average Bonchev–Trinajstić information content (AvgIpc) is 2.13. The standard InChI is InChI=1S/C8H12BrN3O/c1-3-10-8-7(9)6(4-13-2)11-5-12-8/h5H,3-4H2,1-2H3,(H,10,11,12). The first-order valence-electron chi connectivity index (χ1n) is 4.01. The van der Waals surface area contributed by atoms with Crippen LogP contribution >= 0.6 is 15.9 Å². The summed E-state index contributed by atoms with van der Waals surface area (Å²) in [5, 5.41) is 3.12. The van der Waals surface area contributed by atoms with E-state index in [9.17, 15) is 0 Å². The second-order valence-electron chi connectivity index (χ2n) is 2.45. The molecule has 1 aromatic heterocycles. The molecule has 72 valence electrons. The van der Waals surface area contributed by atoms with Crippen molar-refractivity contribution in [2.45, 2.75) is 13.5 Å². The first kappa shape index (κ1) is 10.4. The van der Waals surface area contributed by atoms with Crippen molar-refractivity contribution < 1.29 is 4.74 Å². The number of hydrogen-bond donors (Lipinski definition) is 1. The third-order valence-corrected chi connectivity index (χ3v) is 2.32. The maximum atomic E-state index is 4.99. The van der Waals surface area contributed by atoms with Crippen LogP contribution in [0.3, 0.4) is 0 Å². The molecule has 0 atom stereocenters. The molecular formula is C8H12BrN3O. The fourth-order valence-electron chi connectivity index (χ4n) is 0.934. The van der Waals surface area contributed by atoms with E-state index < -0.39 is 0 Å². The molecule has 1 rings (SSSR count). The Morgan fingerprint density at radius 3 is 2.92 bits per heavy atom. The Morgan fingerprint density at radius 1 is 1.54 bits per heavy atom. The zero-order valence-electron chi connectivity index (χ0n) is 7.67. The fourth-order valence-corrected chi connectivity index (χ4v) is 1.39. The number of nitrogens with zero attached hydrogens (tertiary/aromatic N) is 2. The Morgan fingerprint density at radius 2 is 2.31 bits per heavy atom. The van der Waals surface area contributed by atoms with Crippen LogP contribution in [0.15, 0.2) is 10.8 Å². The summed E-state index contributed by atoms with van der Waals surface area (Å²) in [4.78, 5) is 8.17. The second kappa shape index (κ2) is 5.14. The van der Waals surface area contributed by atoms with Crippen LogP contribution in [-0.4, -0.2) is 23.6 Å². The molecule has 4 nitrogen and oxygen atoms in total. The maximum absolute atomic E-state index is 4.99. The van der Waals surface area contributed by atoms with Crippen molar-refractivity contribution in [3.8, 4) is 0 Å². The quantitative estimate of drug-likeness (QED) is 0.880. The number of aromatic nitrogens is 2. The number of hydrogen-bond acceptors (Lipinski definition) is 4. The van der Waals surface area contributed by atoms with Gasteiger partial charge in [-0.2, -0.15) is 0 Å². The summed E-state index contributed by atoms with van der Waals surface area (Å²) in [5.41, 5.74) is 0.855. The summed E-state index contributed by atoms with van der Waals surface area (Å²) in [7, 11) is 1.64. The summed E-state index contributed by atoms with van der Waals surface area (Å²) < 4.78 is 5.87. The van der Waals surface area contributed by atoms with E-state index in [2.05, 4.69) is 31.2 Å². The molecule has 0 unspecified atom stereocenters. The van der Waals surface area contributed by atoms with E-state index in [4.69, 9.17) is 4.74 Å². The van der Waals surface area contributed by atoms with Crippen LogP contribution in [0.4, 0.5) is 5.82 Å². The predicted molar refractivity (Wildman–Crippen MR) is 54.6 cm³/mol. The van der Waals surface area contributed by atoms with Crippen molar-refractivity contribution >= 4 is 21.7 Å². The smallest absolute Gasteiger partial charge is 0.144 e. The van der Waals surface area contributed by atoms with Crippen molar-refractivity contribution in [1.82, 2.24) is 9.97 Å². The Labute approximate surface area is 85.9 Å². The fraction of sp³-hybridized carbons (Fsp3) is 0.500. The molecule has 0 saturated carbocycles. The number of methoxy groups -OCH3 is 1. The van der Waals surface area contributed by atoms with Crippen LogP contribution in [0.25, 0.3) is 0 Å². The molecule has 13 heavy (non-hydrogen) atoms. The van der Waals surface area contributed by atoms with Gasteiger partial charge in [0.05, 0.1) is 16.8 Å². The normalized spacial score (nSPS) is 10.1. The topological polar surface area (TPSA) is 47.0 Å². The molecule has 1 aromatic rings. The molecule has 0 amide bonds. The molecule has 5 heteroatoms. The summed E-state index contributed by atoms with van der Waals surface area (Å²) in [6.45, 7) is 3.34. The van der Waals surface area contributed by atoms with Gasteiger partial charge in [-0.05, 0) is 22.9 Å². The molecule has 1 N–H and O–H groups in total. The van der Waals surface area contributed by atoms with E-state index in [1.165, 1.54) is 6.33 Å². The van der Waals surface area contributed by atoms with Crippen molar-refractivity contribution in [2.75, 3.05) is 19.0 Å². The summed E-state index contributed by atoms with van der Waals surface area (Å²) >= 11 is 3.42. The number of nitrogens with one attached hydrogen (secondary N) is 1. The molecule has 0 radical (unpaired) electrons. The minimum Gasteiger partial charge on any atom is -0.378 e. The van der Waals surface area contributed by atoms with Crippen LogP contribution in [0.1, 0.15) is 12.6 Å². The predicted octanol–water partition coefficient (Wildman–Crippen LogP) is 1.82. The van der Waals surface area contributed by atoms with Crippen LogP contribution < -0.4 is 5.32 Å². The van der Waals surface area contributed by atoms with E-state index in [-0.39, 0.29) is 0 Å². The van der Waals surface area contributed by atoms with Crippen molar-refractivity contribution in [1.29, 1.82) is 0 Å². The number of rotatable bonds is 4. The highest BCUT2D eigenvalue weighted by Gasteiger charge is 2.06. The van der Waals surface area contributed by atoms with Crippen molar-refractivity contribution in [2.24, 2.45) is 0 Å². The van der Waals surface area contributed by atoms with E-state index in [1.807, 2.05) is 6.92 Å². The van der Waals surface area contributed by atoms with Crippen LogP contribution in [0.5, 0.6) is 0 Å². The van der Waals surface area contributed by atoms with Gasteiger partial charge in [-0.1, -0.05) is 0 Å². The molecule has 0 saturated heterocycles. The van der Waals surface area contributed by atoms with Gasteiger partial charge in [0.2, 0.25) is 0 Å². The Kier molecular flexibility index (Phi) is 4.11. The lowest BCUT2D eigenvalue weighted by atomic mass is 10.4. The SMILES string of the molecule is CCNc1ncnc(COC)c1Br. The van der Waals surface area contributed by atoms with E-state index in [1.54, 1.807) is 7.11 Å². The average molecular weight is 246 g/mol. The van der Waals surface area contributed by atoms with E-state index in [0.717, 1.165) is 22.5 Å². The van der Waals surface area contributed by atoms with Gasteiger partial charge in [-0.3, -0.25) is 0 Å². The minimum atomic E-state index is 0.488. The molecule has 0 aliphatic rings. The number of anilines is 1. The summed E-state index contributed by atoms with van der Waals surface area (Å²) in [5.74, 6) is 0.810. The largest absolute Gasteiger partial charge is 0.378 e. The van der Waals surface area contributed by atoms with Gasteiger partial charge in [0.1, 0.15) is 12.1 Å². The Hall–Kier alpha value is -0.680. The third kappa shape index (κ3) is 2.63. The zero-order chi connectivity index (χ0) is 9.68. The van der Waals surface area contributed by atoms with Gasteiger partial charge in [0.25, 0.3) is 0 Å². The lowest BCUT2D eigenvalue weighted by Crippen LogP contribution is -2.04. The van der Waals surface area contributed by atoms with Crippen LogP contribution in [0.2, 0.25) is 0 Å². The molecule has 1 heterocycles. The van der Waals surface area contributed by atoms with E-state index >= 15 is 0 Å². The third-order valence-electron chi connectivity index (χ3n) is 1.49. The summed E-state index contributed by atoms with van der Waals surface area (Å²) in [6.07, 6.45) is 1.52. The molecule has 0 aliphatic carbocycles. The number of ether oxygens (including phenoxy) is 1. The first-order valence-corrected chi connectivity index (χ1v) is 4.81. The van der Waals surface area contributed by atoms with Crippen molar-refractivity contribution in [3.63, 3.8) is 0 Å². The summed E-state index contributed by atoms with van der Waals surface area (Å²) in [6, 6.07) is 0. The zero-order valence-corrected chi connectivity index (χ0v) is 9.26. The first-order chi connectivity index (χ1) is 6.29. The van der Waals surface area contributed by atoms with Crippen LogP contribution in [-0.2, 0) is 11.3 Å². The molecule has 0 aliphatic heterocycles. The van der Waals surface area contributed by atoms with Gasteiger partial charge in [0.15, 0.2) is 0 Å². The van der Waals surface area contributed by atoms with Gasteiger partial charge in [0, 0.05) is 13.7 Å². The van der Waals surface area contributed by atoms with Gasteiger partial charge < -0.3 is 10.1 Å². The molecule has 0 spiro atoms. The highest BCUT2D eigenvalue weighted by atomic mass is 79.9. The maximum Gasteiger partial charge on any atom is 0.144 e. The van der Waals surface area contributed by atoms with Crippen LogP contribution in [0, 0.1) is 0 Å². The molecule has 0 aromatic carbocycles. The monoisotopic (exact) mass is 245 g/mol. The highest BCUT2D eigenvalue weighted by molar-refractivity contribution is 9.10. The van der Waals surface area contributed by atoms with Gasteiger partial charge >= 0.3 is 0 Å². The molecule has 0 bridgehead atoms. The highest BCUT2D eigenvalue weighted by Crippen LogP contribution is 2.22. The second-order valence-corrected chi connectivity index (χ2v) is 3.24. The lowest BCUT2D eigenvalue weighted by molar-refractivity contribution is 0.181. The Bertz CT molecular complexity index is 256. The minimum absolute atomic E-state index is 0.488. The Balaban J connectivity index is 2.89. The molecular weight excluding hydrogens is 234 g/mol. The van der Waals surface area contributed by atoms with Gasteiger partial charge in [-0.25, -0.2) is 9.97 Å².